The van der Waals surface area contributed by atoms with Crippen LogP contribution in [0, 0.1) is 11.2 Å². The molecule has 0 radical (unpaired) electrons. The summed E-state index contributed by atoms with van der Waals surface area (Å²) in [6.45, 7) is 4.06. The van der Waals surface area contributed by atoms with E-state index in [0.717, 1.165) is 29.5 Å². The van der Waals surface area contributed by atoms with E-state index in [1.807, 2.05) is 38.1 Å². The van der Waals surface area contributed by atoms with Crippen LogP contribution in [0.1, 0.15) is 49.3 Å². The van der Waals surface area contributed by atoms with E-state index in [0.29, 0.717) is 12.1 Å². The Morgan fingerprint density at radius 2 is 2.00 bits per heavy atom. The first-order valence-electron chi connectivity index (χ1n) is 9.03. The fourth-order valence-corrected chi connectivity index (χ4v) is 6.32. The van der Waals surface area contributed by atoms with E-state index in [4.69, 9.17) is 5.73 Å². The summed E-state index contributed by atoms with van der Waals surface area (Å²) in [4.78, 5) is 0. The van der Waals surface area contributed by atoms with E-state index in [2.05, 4.69) is 0 Å². The number of rotatable bonds is 3. The van der Waals surface area contributed by atoms with Crippen LogP contribution in [0.2, 0.25) is 0 Å². The van der Waals surface area contributed by atoms with Crippen LogP contribution >= 0.6 is 0 Å². The fraction of sp³-hybridized carbons (Fsp3) is 0.429. The molecule has 0 saturated carbocycles. The molecule has 2 aromatic rings. The molecule has 0 unspecified atom stereocenters. The molecule has 1 aliphatic heterocycles. The number of nitrogen functional groups attached to an aromatic ring is 1. The van der Waals surface area contributed by atoms with Gasteiger partial charge < -0.3 is 5.73 Å². The van der Waals surface area contributed by atoms with Gasteiger partial charge in [0.15, 0.2) is 9.84 Å². The molecule has 3 nitrogen and oxygen atoms in total. The Morgan fingerprint density at radius 1 is 1.23 bits per heavy atom. The molecule has 0 amide bonds. The molecule has 2 aromatic carbocycles. The van der Waals surface area contributed by atoms with Crippen LogP contribution in [0.3, 0.4) is 0 Å². The summed E-state index contributed by atoms with van der Waals surface area (Å²) in [5.74, 6) is -0.118. The van der Waals surface area contributed by atoms with E-state index in [-0.39, 0.29) is 28.7 Å². The Morgan fingerprint density at radius 3 is 2.69 bits per heavy atom. The highest BCUT2D eigenvalue weighted by Gasteiger charge is 2.36. The molecule has 2 atom stereocenters. The molecule has 0 saturated heterocycles. The van der Waals surface area contributed by atoms with Gasteiger partial charge in [0.25, 0.3) is 0 Å². The third kappa shape index (κ3) is 4.26. The molecule has 0 fully saturated rings. The predicted octanol–water partition coefficient (Wildman–Crippen LogP) is 4.47. The van der Waals surface area contributed by atoms with Gasteiger partial charge >= 0.3 is 0 Å². The van der Waals surface area contributed by atoms with Gasteiger partial charge in [0.2, 0.25) is 0 Å². The van der Waals surface area contributed by atoms with Crippen molar-refractivity contribution in [2.75, 3.05) is 11.5 Å². The van der Waals surface area contributed by atoms with Crippen molar-refractivity contribution in [2.24, 2.45) is 5.41 Å². The maximum Gasteiger partial charge on any atom is 0.154 e. The highest BCUT2D eigenvalue weighted by atomic mass is 32.2. The van der Waals surface area contributed by atoms with Crippen molar-refractivity contribution >= 4 is 15.5 Å². The van der Waals surface area contributed by atoms with E-state index < -0.39 is 9.84 Å². The zero-order valence-corrected chi connectivity index (χ0v) is 16.2. The normalized spacial score (nSPS) is 25.1. The van der Waals surface area contributed by atoms with Crippen LogP contribution < -0.4 is 5.73 Å². The maximum absolute atomic E-state index is 14.0. The average molecular weight is 376 g/mol. The number of fused-ring (bicyclic) bond motifs is 1. The lowest BCUT2D eigenvalue weighted by Gasteiger charge is -2.35. The SMILES string of the molecule is CC[C@]1(C)C[C@H](Cc2cccc(N)c2)c2cc(F)ccc2CS(=O)(=O)C1. The molecule has 26 heavy (non-hydrogen) atoms. The fourth-order valence-electron chi connectivity index (χ4n) is 4.09. The van der Waals surface area contributed by atoms with Crippen molar-refractivity contribution in [3.8, 4) is 0 Å². The summed E-state index contributed by atoms with van der Waals surface area (Å²) in [6.07, 6.45) is 2.19. The number of anilines is 1. The smallest absolute Gasteiger partial charge is 0.154 e. The van der Waals surface area contributed by atoms with E-state index >= 15 is 0 Å². The predicted molar refractivity (Wildman–Crippen MR) is 104 cm³/mol. The van der Waals surface area contributed by atoms with Crippen molar-refractivity contribution in [3.63, 3.8) is 0 Å². The molecule has 2 N–H and O–H groups in total. The molecule has 0 bridgehead atoms. The quantitative estimate of drug-likeness (QED) is 0.805. The first-order valence-corrected chi connectivity index (χ1v) is 10.8. The van der Waals surface area contributed by atoms with Crippen LogP contribution in [-0.4, -0.2) is 14.2 Å². The highest BCUT2D eigenvalue weighted by Crippen LogP contribution is 2.42. The summed E-state index contributed by atoms with van der Waals surface area (Å²) in [5.41, 5.74) is 8.92. The second-order valence-corrected chi connectivity index (χ2v) is 9.95. The number of halogens is 1. The zero-order valence-electron chi connectivity index (χ0n) is 15.3. The molecular weight excluding hydrogens is 349 g/mol. The zero-order chi connectivity index (χ0) is 18.9. The van der Waals surface area contributed by atoms with Gasteiger partial charge in [-0.05, 0) is 71.6 Å². The summed E-state index contributed by atoms with van der Waals surface area (Å²) < 4.78 is 39.3. The Balaban J connectivity index is 2.09. The van der Waals surface area contributed by atoms with Crippen LogP contribution in [0.5, 0.6) is 0 Å². The lowest BCUT2D eigenvalue weighted by atomic mass is 9.75. The minimum absolute atomic E-state index is 0.0222. The van der Waals surface area contributed by atoms with E-state index in [1.54, 1.807) is 6.07 Å². The van der Waals surface area contributed by atoms with Gasteiger partial charge in [-0.25, -0.2) is 12.8 Å². The summed E-state index contributed by atoms with van der Waals surface area (Å²) in [7, 11) is -3.23. The topological polar surface area (TPSA) is 60.2 Å². The Kier molecular flexibility index (Phi) is 5.11. The van der Waals surface area contributed by atoms with Gasteiger partial charge in [0.05, 0.1) is 11.5 Å². The van der Waals surface area contributed by atoms with Crippen LogP contribution in [-0.2, 0) is 22.0 Å². The maximum atomic E-state index is 14.0. The molecule has 0 aromatic heterocycles. The molecule has 0 spiro atoms. The average Bonchev–Trinajstić information content (AvgIpc) is 2.54. The monoisotopic (exact) mass is 375 g/mol. The van der Waals surface area contributed by atoms with Crippen molar-refractivity contribution in [3.05, 3.63) is 65.0 Å². The molecule has 3 rings (SSSR count). The minimum Gasteiger partial charge on any atom is -0.399 e. The van der Waals surface area contributed by atoms with Gasteiger partial charge in [-0.3, -0.25) is 0 Å². The number of hydrogen-bond donors (Lipinski definition) is 1. The van der Waals surface area contributed by atoms with Crippen LogP contribution in [0.4, 0.5) is 10.1 Å². The number of hydrogen-bond acceptors (Lipinski definition) is 3. The van der Waals surface area contributed by atoms with Gasteiger partial charge in [0, 0.05) is 5.69 Å². The first-order chi connectivity index (χ1) is 12.2. The number of sulfone groups is 1. The molecule has 5 heteroatoms. The summed E-state index contributed by atoms with van der Waals surface area (Å²) in [5, 5.41) is 0. The molecule has 140 valence electrons. The summed E-state index contributed by atoms with van der Waals surface area (Å²) >= 11 is 0. The van der Waals surface area contributed by atoms with Crippen molar-refractivity contribution in [2.45, 2.75) is 44.8 Å². The second-order valence-electron chi connectivity index (χ2n) is 7.89. The Hall–Kier alpha value is -1.88. The second kappa shape index (κ2) is 7.03. The van der Waals surface area contributed by atoms with Crippen LogP contribution in [0.25, 0.3) is 0 Å². The van der Waals surface area contributed by atoms with Crippen molar-refractivity contribution < 1.29 is 12.8 Å². The van der Waals surface area contributed by atoms with E-state index in [9.17, 15) is 12.8 Å². The standard InChI is InChI=1S/C21H26FNO2S/c1-3-21(2)12-17(9-15-5-4-6-19(23)10-15)20-11-18(22)8-7-16(20)13-26(24,25)14-21/h4-8,10-11,17H,3,9,12-14,23H2,1-2H3/t17-,21+/m0/s1. The van der Waals surface area contributed by atoms with Gasteiger partial charge in [-0.15, -0.1) is 0 Å². The molecule has 0 aliphatic carbocycles. The first kappa shape index (κ1) is 18.9. The third-order valence-corrected chi connectivity index (χ3v) is 7.41. The van der Waals surface area contributed by atoms with Crippen molar-refractivity contribution in [1.82, 2.24) is 0 Å². The Labute approximate surface area is 155 Å². The van der Waals surface area contributed by atoms with Gasteiger partial charge in [0.1, 0.15) is 5.82 Å². The van der Waals surface area contributed by atoms with Crippen LogP contribution in [0.15, 0.2) is 42.5 Å². The number of nitrogens with two attached hydrogens (primary N) is 1. The minimum atomic E-state index is -3.23. The lowest BCUT2D eigenvalue weighted by Crippen LogP contribution is -2.32. The van der Waals surface area contributed by atoms with Crippen molar-refractivity contribution in [1.29, 1.82) is 0 Å². The number of benzene rings is 2. The lowest BCUT2D eigenvalue weighted by molar-refractivity contribution is 0.291. The highest BCUT2D eigenvalue weighted by molar-refractivity contribution is 7.90. The molecule has 1 heterocycles. The largest absolute Gasteiger partial charge is 0.399 e. The summed E-state index contributed by atoms with van der Waals surface area (Å²) in [6, 6.07) is 12.2. The Bertz CT molecular complexity index is 910. The van der Waals surface area contributed by atoms with Gasteiger partial charge in [-0.1, -0.05) is 32.0 Å². The third-order valence-electron chi connectivity index (χ3n) is 5.52. The van der Waals surface area contributed by atoms with E-state index in [1.165, 1.54) is 12.1 Å². The molecular formula is C21H26FNO2S. The van der Waals surface area contributed by atoms with Gasteiger partial charge in [-0.2, -0.15) is 0 Å². The molecule has 1 aliphatic rings.